The third-order valence-corrected chi connectivity index (χ3v) is 9.55. The van der Waals surface area contributed by atoms with Gasteiger partial charge in [-0.15, -0.1) is 0 Å². The predicted molar refractivity (Wildman–Crippen MR) is 118 cm³/mol. The van der Waals surface area contributed by atoms with E-state index in [9.17, 15) is 22.8 Å². The molecule has 0 spiro atoms. The van der Waals surface area contributed by atoms with Crippen LogP contribution < -0.4 is 5.32 Å². The second kappa shape index (κ2) is 8.95. The van der Waals surface area contributed by atoms with Crippen molar-refractivity contribution in [3.63, 3.8) is 0 Å². The first-order chi connectivity index (χ1) is 15.1. The van der Waals surface area contributed by atoms with Crippen molar-refractivity contribution < 1.29 is 27.5 Å². The van der Waals surface area contributed by atoms with Crippen LogP contribution in [0, 0.1) is 29.1 Å². The molecule has 0 radical (unpaired) electrons. The third-order valence-electron chi connectivity index (χ3n) is 7.80. The lowest BCUT2D eigenvalue weighted by Crippen LogP contribution is -2.54. The largest absolute Gasteiger partial charge is 0.454 e. The molecule has 1 saturated heterocycles. The van der Waals surface area contributed by atoms with E-state index in [1.54, 1.807) is 0 Å². The van der Waals surface area contributed by atoms with E-state index in [1.165, 1.54) is 24.2 Å². The zero-order chi connectivity index (χ0) is 23.1. The molecule has 0 aromatic rings. The summed E-state index contributed by atoms with van der Waals surface area (Å²) in [6.45, 7) is 3.65. The van der Waals surface area contributed by atoms with E-state index in [1.807, 2.05) is 13.8 Å². The van der Waals surface area contributed by atoms with Crippen LogP contribution in [-0.2, 0) is 29.0 Å². The number of esters is 1. The van der Waals surface area contributed by atoms with Crippen molar-refractivity contribution in [2.45, 2.75) is 64.8 Å². The summed E-state index contributed by atoms with van der Waals surface area (Å²) in [5.74, 6) is 1.06. The molecule has 1 atom stereocenters. The summed E-state index contributed by atoms with van der Waals surface area (Å²) < 4.78 is 28.8. The van der Waals surface area contributed by atoms with E-state index in [0.717, 1.165) is 19.3 Å². The second-order valence-electron chi connectivity index (χ2n) is 11.0. The summed E-state index contributed by atoms with van der Waals surface area (Å²) in [7, 11) is -3.13. The highest BCUT2D eigenvalue weighted by Gasteiger charge is 2.54. The number of rotatable bonds is 8. The van der Waals surface area contributed by atoms with Crippen LogP contribution in [0.25, 0.3) is 0 Å². The van der Waals surface area contributed by atoms with Crippen LogP contribution >= 0.6 is 0 Å². The van der Waals surface area contributed by atoms with E-state index in [-0.39, 0.29) is 47.2 Å². The van der Waals surface area contributed by atoms with Crippen molar-refractivity contribution in [3.8, 4) is 0 Å². The maximum Gasteiger partial charge on any atom is 0.325 e. The standard InChI is InChI=1S/C23H36N2O6S/c1-15(2)12-25(19-3-4-32(29,30)14-19)20(26)13-31-21(27)11-24-22(28)23-8-16-5-17(9-23)7-18(6-16)10-23/h15-19H,3-14H2,1-2H3,(H,24,28)/t16?,17?,18?,19-,23?/m0/s1. The van der Waals surface area contributed by atoms with E-state index >= 15 is 0 Å². The maximum absolute atomic E-state index is 13.0. The normalized spacial score (nSPS) is 34.5. The molecule has 2 amide bonds. The first kappa shape index (κ1) is 23.5. The number of carbonyl (C=O) groups is 3. The van der Waals surface area contributed by atoms with Crippen molar-refractivity contribution >= 4 is 27.6 Å². The van der Waals surface area contributed by atoms with E-state index in [2.05, 4.69) is 5.32 Å². The molecule has 5 aliphatic rings. The molecular weight excluding hydrogens is 432 g/mol. The van der Waals surface area contributed by atoms with Gasteiger partial charge in [0.1, 0.15) is 6.54 Å². The highest BCUT2D eigenvalue weighted by molar-refractivity contribution is 7.91. The number of sulfone groups is 1. The Hall–Kier alpha value is -1.64. The minimum Gasteiger partial charge on any atom is -0.454 e. The van der Waals surface area contributed by atoms with Gasteiger partial charge in [0.05, 0.1) is 11.5 Å². The van der Waals surface area contributed by atoms with Gasteiger partial charge in [-0.3, -0.25) is 14.4 Å². The van der Waals surface area contributed by atoms with Gasteiger partial charge in [0.25, 0.3) is 5.91 Å². The molecule has 9 heteroatoms. The van der Waals surface area contributed by atoms with Gasteiger partial charge in [-0.05, 0) is 68.6 Å². The van der Waals surface area contributed by atoms with Gasteiger partial charge >= 0.3 is 5.97 Å². The fraction of sp³-hybridized carbons (Fsp3) is 0.870. The van der Waals surface area contributed by atoms with Crippen LogP contribution in [0.3, 0.4) is 0 Å². The Morgan fingerprint density at radius 2 is 1.66 bits per heavy atom. The van der Waals surface area contributed by atoms with Crippen molar-refractivity contribution in [3.05, 3.63) is 0 Å². The van der Waals surface area contributed by atoms with Gasteiger partial charge in [-0.1, -0.05) is 13.8 Å². The zero-order valence-electron chi connectivity index (χ0n) is 19.2. The van der Waals surface area contributed by atoms with Gasteiger partial charge in [0.15, 0.2) is 16.4 Å². The van der Waals surface area contributed by atoms with E-state index < -0.39 is 22.4 Å². The average molecular weight is 469 g/mol. The predicted octanol–water partition coefficient (Wildman–Crippen LogP) is 1.53. The molecule has 5 rings (SSSR count). The molecule has 1 N–H and O–H groups in total. The zero-order valence-corrected chi connectivity index (χ0v) is 20.0. The Bertz CT molecular complexity index is 832. The lowest BCUT2D eigenvalue weighted by atomic mass is 9.49. The van der Waals surface area contributed by atoms with E-state index in [0.29, 0.717) is 30.7 Å². The summed E-state index contributed by atoms with van der Waals surface area (Å²) in [6, 6.07) is -0.371. The summed E-state index contributed by atoms with van der Waals surface area (Å²) in [6.07, 6.45) is 6.91. The molecule has 4 aliphatic carbocycles. The number of nitrogens with zero attached hydrogens (tertiary/aromatic N) is 1. The third kappa shape index (κ3) is 5.13. The Labute approximate surface area is 190 Å². The summed E-state index contributed by atoms with van der Waals surface area (Å²) in [5, 5.41) is 2.77. The number of ether oxygens (including phenoxy) is 1. The van der Waals surface area contributed by atoms with Crippen LogP contribution in [0.2, 0.25) is 0 Å². The molecule has 4 bridgehead atoms. The van der Waals surface area contributed by atoms with Crippen molar-refractivity contribution in [1.29, 1.82) is 0 Å². The molecule has 32 heavy (non-hydrogen) atoms. The number of nitrogens with one attached hydrogen (secondary N) is 1. The molecule has 0 unspecified atom stereocenters. The Balaban J connectivity index is 1.26. The molecule has 180 valence electrons. The van der Waals surface area contributed by atoms with E-state index in [4.69, 9.17) is 4.74 Å². The number of hydrogen-bond acceptors (Lipinski definition) is 6. The average Bonchev–Trinajstić information content (AvgIpc) is 3.06. The fourth-order valence-electron chi connectivity index (χ4n) is 6.87. The van der Waals surface area contributed by atoms with Crippen LogP contribution in [0.5, 0.6) is 0 Å². The molecule has 0 aromatic carbocycles. The highest BCUT2D eigenvalue weighted by Crippen LogP contribution is 2.60. The maximum atomic E-state index is 13.0. The topological polar surface area (TPSA) is 110 Å². The van der Waals surface area contributed by atoms with Crippen molar-refractivity contribution in [2.24, 2.45) is 29.1 Å². The van der Waals surface area contributed by atoms with Crippen LogP contribution in [0.1, 0.15) is 58.8 Å². The van der Waals surface area contributed by atoms with Gasteiger partial charge in [0, 0.05) is 18.0 Å². The SMILES string of the molecule is CC(C)CN(C(=O)COC(=O)CNC(=O)C12CC3CC(CC(C3)C1)C2)[C@H]1CCS(=O)(=O)C1. The Morgan fingerprint density at radius 1 is 1.06 bits per heavy atom. The Morgan fingerprint density at radius 3 is 2.16 bits per heavy atom. The van der Waals surface area contributed by atoms with Crippen molar-refractivity contribution in [1.82, 2.24) is 10.2 Å². The first-order valence-electron chi connectivity index (χ1n) is 12.0. The number of hydrogen-bond donors (Lipinski definition) is 1. The van der Waals surface area contributed by atoms with Crippen LogP contribution in [-0.4, -0.2) is 68.3 Å². The molecule has 1 heterocycles. The molecule has 8 nitrogen and oxygen atoms in total. The monoisotopic (exact) mass is 468 g/mol. The number of amides is 2. The molecule has 4 saturated carbocycles. The quantitative estimate of drug-likeness (QED) is 0.541. The molecular formula is C23H36N2O6S. The highest BCUT2D eigenvalue weighted by atomic mass is 32.2. The van der Waals surface area contributed by atoms with Crippen LogP contribution in [0.15, 0.2) is 0 Å². The minimum absolute atomic E-state index is 0.0411. The van der Waals surface area contributed by atoms with Gasteiger partial charge < -0.3 is 15.0 Å². The molecule has 5 fully saturated rings. The second-order valence-corrected chi connectivity index (χ2v) is 13.3. The summed E-state index contributed by atoms with van der Waals surface area (Å²) in [5.41, 5.74) is -0.327. The summed E-state index contributed by atoms with van der Waals surface area (Å²) >= 11 is 0. The lowest BCUT2D eigenvalue weighted by Gasteiger charge is -2.55. The smallest absolute Gasteiger partial charge is 0.325 e. The summed E-state index contributed by atoms with van der Waals surface area (Å²) in [4.78, 5) is 39.5. The first-order valence-corrected chi connectivity index (χ1v) is 13.8. The fourth-order valence-corrected chi connectivity index (χ4v) is 8.60. The minimum atomic E-state index is -3.13. The molecule has 0 aromatic heterocycles. The van der Waals surface area contributed by atoms with Gasteiger partial charge in [0.2, 0.25) is 5.91 Å². The van der Waals surface area contributed by atoms with Crippen LogP contribution in [0.4, 0.5) is 0 Å². The number of carbonyl (C=O) groups excluding carboxylic acids is 3. The van der Waals surface area contributed by atoms with Gasteiger partial charge in [-0.2, -0.15) is 0 Å². The van der Waals surface area contributed by atoms with Gasteiger partial charge in [-0.25, -0.2) is 8.42 Å². The Kier molecular flexibility index (Phi) is 6.58. The van der Waals surface area contributed by atoms with Crippen molar-refractivity contribution in [2.75, 3.05) is 31.2 Å². The molecule has 1 aliphatic heterocycles. The lowest BCUT2D eigenvalue weighted by molar-refractivity contribution is -0.155.